The van der Waals surface area contributed by atoms with Crippen LogP contribution in [0.15, 0.2) is 18.2 Å². The lowest BCUT2D eigenvalue weighted by Gasteiger charge is -2.19. The molecule has 0 bridgehead atoms. The summed E-state index contributed by atoms with van der Waals surface area (Å²) in [5.74, 6) is 0.0867. The molecule has 0 aliphatic carbocycles. The third kappa shape index (κ3) is 3.18. The number of carbonyl (C=O) groups excluding carboxylic acids is 1. The van der Waals surface area contributed by atoms with Gasteiger partial charge in [0.2, 0.25) is 0 Å². The predicted octanol–water partition coefficient (Wildman–Crippen LogP) is 3.40. The molecule has 0 saturated carbocycles. The number of ketones is 1. The highest BCUT2D eigenvalue weighted by atomic mass is 16.4. The van der Waals surface area contributed by atoms with E-state index in [-0.39, 0.29) is 17.6 Å². The van der Waals surface area contributed by atoms with E-state index in [2.05, 4.69) is 4.98 Å². The van der Waals surface area contributed by atoms with Crippen LogP contribution in [0.3, 0.4) is 0 Å². The zero-order chi connectivity index (χ0) is 16.5. The molecule has 1 aromatic heterocycles. The molecule has 5 nitrogen and oxygen atoms in total. The van der Waals surface area contributed by atoms with E-state index >= 15 is 0 Å². The minimum absolute atomic E-state index is 0.0458. The van der Waals surface area contributed by atoms with Crippen molar-refractivity contribution in [2.24, 2.45) is 0 Å². The highest BCUT2D eigenvalue weighted by Crippen LogP contribution is 2.27. The number of carboxylic acids is 1. The Morgan fingerprint density at radius 1 is 1.27 bits per heavy atom. The molecule has 2 aromatic rings. The van der Waals surface area contributed by atoms with Gasteiger partial charge in [-0.15, -0.1) is 0 Å². The lowest BCUT2D eigenvalue weighted by atomic mass is 9.95. The number of fused-ring (bicyclic) bond motifs is 1. The zero-order valence-electron chi connectivity index (χ0n) is 13.5. The van der Waals surface area contributed by atoms with Gasteiger partial charge in [-0.1, -0.05) is 27.7 Å². The van der Waals surface area contributed by atoms with Crippen molar-refractivity contribution < 1.29 is 14.7 Å². The molecule has 2 rings (SSSR count). The Morgan fingerprint density at radius 3 is 2.50 bits per heavy atom. The molecule has 1 heterocycles. The van der Waals surface area contributed by atoms with Crippen LogP contribution < -0.4 is 0 Å². The summed E-state index contributed by atoms with van der Waals surface area (Å²) in [6.45, 7) is 8.34. The molecule has 1 N–H and O–H groups in total. The number of aliphatic carboxylic acids is 1. The first-order valence-electron chi connectivity index (χ1n) is 7.49. The molecule has 5 heteroatoms. The van der Waals surface area contributed by atoms with Gasteiger partial charge in [0.1, 0.15) is 5.82 Å². The molecule has 0 aliphatic heterocycles. The van der Waals surface area contributed by atoms with Crippen LogP contribution in [0.1, 0.15) is 56.7 Å². The average Bonchev–Trinajstić information content (AvgIpc) is 2.82. The highest BCUT2D eigenvalue weighted by Gasteiger charge is 2.23. The van der Waals surface area contributed by atoms with Crippen molar-refractivity contribution in [1.82, 2.24) is 9.55 Å². The van der Waals surface area contributed by atoms with Gasteiger partial charge in [-0.2, -0.15) is 0 Å². The maximum atomic E-state index is 11.8. The fourth-order valence-corrected chi connectivity index (χ4v) is 2.51. The Kier molecular flexibility index (Phi) is 4.35. The van der Waals surface area contributed by atoms with Crippen molar-refractivity contribution in [1.29, 1.82) is 0 Å². The molecule has 0 spiro atoms. The minimum atomic E-state index is -0.834. The Bertz CT molecular complexity index is 723. The SMILES string of the molecule is CCC(=O)c1ccc2c(c1)nc(C(C)(C)C)n2CCC(=O)O. The van der Waals surface area contributed by atoms with Gasteiger partial charge >= 0.3 is 5.97 Å². The standard InChI is InChI=1S/C17H22N2O3/c1-5-14(20)11-6-7-13-12(10-11)18-16(17(2,3)4)19(13)9-8-15(21)22/h6-7,10H,5,8-9H2,1-4H3,(H,21,22). The molecule has 0 saturated heterocycles. The van der Waals surface area contributed by atoms with Gasteiger partial charge in [0.05, 0.1) is 17.5 Å². The fourth-order valence-electron chi connectivity index (χ4n) is 2.51. The lowest BCUT2D eigenvalue weighted by molar-refractivity contribution is -0.137. The number of hydrogen-bond donors (Lipinski definition) is 1. The number of hydrogen-bond acceptors (Lipinski definition) is 3. The number of benzene rings is 1. The summed E-state index contributed by atoms with van der Waals surface area (Å²) in [5, 5.41) is 8.95. The molecule has 0 radical (unpaired) electrons. The predicted molar refractivity (Wildman–Crippen MR) is 85.3 cm³/mol. The van der Waals surface area contributed by atoms with Crippen LogP contribution in [0.4, 0.5) is 0 Å². The van der Waals surface area contributed by atoms with Crippen molar-refractivity contribution in [3.63, 3.8) is 0 Å². The Hall–Kier alpha value is -2.17. The maximum Gasteiger partial charge on any atom is 0.305 e. The Morgan fingerprint density at radius 2 is 1.95 bits per heavy atom. The van der Waals surface area contributed by atoms with Gasteiger partial charge in [0.25, 0.3) is 0 Å². The summed E-state index contributed by atoms with van der Waals surface area (Å²) in [4.78, 5) is 27.4. The van der Waals surface area contributed by atoms with Crippen molar-refractivity contribution in [2.45, 2.75) is 52.5 Å². The smallest absolute Gasteiger partial charge is 0.305 e. The number of aryl methyl sites for hydroxylation is 1. The highest BCUT2D eigenvalue weighted by molar-refractivity contribution is 5.98. The van der Waals surface area contributed by atoms with Crippen LogP contribution in [-0.4, -0.2) is 26.4 Å². The number of Topliss-reactive ketones (excluding diaryl/α,β-unsaturated/α-hetero) is 1. The van der Waals surface area contributed by atoms with Crippen molar-refractivity contribution >= 4 is 22.8 Å². The van der Waals surface area contributed by atoms with Gasteiger partial charge in [0, 0.05) is 23.9 Å². The van der Waals surface area contributed by atoms with Gasteiger partial charge in [0.15, 0.2) is 5.78 Å². The normalized spacial score (nSPS) is 11.8. The molecule has 0 fully saturated rings. The second-order valence-corrected chi connectivity index (χ2v) is 6.46. The monoisotopic (exact) mass is 302 g/mol. The first kappa shape index (κ1) is 16.2. The van der Waals surface area contributed by atoms with Gasteiger partial charge in [-0.25, -0.2) is 4.98 Å². The zero-order valence-corrected chi connectivity index (χ0v) is 13.5. The first-order chi connectivity index (χ1) is 10.2. The third-order valence-electron chi connectivity index (χ3n) is 3.61. The number of nitrogens with zero attached hydrogens (tertiary/aromatic N) is 2. The largest absolute Gasteiger partial charge is 0.481 e. The van der Waals surface area contributed by atoms with E-state index in [9.17, 15) is 9.59 Å². The summed E-state index contributed by atoms with van der Waals surface area (Å²) in [6, 6.07) is 5.45. The number of aromatic nitrogens is 2. The van der Waals surface area contributed by atoms with Crippen LogP contribution in [0.5, 0.6) is 0 Å². The van der Waals surface area contributed by atoms with Crippen molar-refractivity contribution in [3.05, 3.63) is 29.6 Å². The first-order valence-corrected chi connectivity index (χ1v) is 7.49. The maximum absolute atomic E-state index is 11.8. The van der Waals surface area contributed by atoms with Crippen LogP contribution in [0.2, 0.25) is 0 Å². The molecule has 22 heavy (non-hydrogen) atoms. The van der Waals surface area contributed by atoms with E-state index in [0.29, 0.717) is 18.5 Å². The molecule has 0 amide bonds. The summed E-state index contributed by atoms with van der Waals surface area (Å²) in [7, 11) is 0. The van der Waals surface area contributed by atoms with E-state index in [4.69, 9.17) is 5.11 Å². The molecule has 0 aliphatic rings. The minimum Gasteiger partial charge on any atom is -0.481 e. The van der Waals surface area contributed by atoms with Crippen LogP contribution >= 0.6 is 0 Å². The number of rotatable bonds is 5. The Labute approximate surface area is 130 Å². The van der Waals surface area contributed by atoms with Gasteiger partial charge < -0.3 is 9.67 Å². The summed E-state index contributed by atoms with van der Waals surface area (Å²) in [5.41, 5.74) is 2.07. The second kappa shape index (κ2) is 5.91. The van der Waals surface area contributed by atoms with Gasteiger partial charge in [-0.05, 0) is 18.2 Å². The topological polar surface area (TPSA) is 72.2 Å². The summed E-state index contributed by atoms with van der Waals surface area (Å²) < 4.78 is 1.95. The van der Waals surface area contributed by atoms with E-state index in [1.807, 2.05) is 38.3 Å². The molecule has 118 valence electrons. The van der Waals surface area contributed by atoms with Crippen molar-refractivity contribution in [2.75, 3.05) is 0 Å². The third-order valence-corrected chi connectivity index (χ3v) is 3.61. The molecular weight excluding hydrogens is 280 g/mol. The summed E-state index contributed by atoms with van der Waals surface area (Å²) >= 11 is 0. The number of carbonyl (C=O) groups is 2. The Balaban J connectivity index is 2.58. The molecular formula is C17H22N2O3. The van der Waals surface area contributed by atoms with E-state index in [1.54, 1.807) is 12.1 Å². The fraction of sp³-hybridized carbons (Fsp3) is 0.471. The van der Waals surface area contributed by atoms with Gasteiger partial charge in [-0.3, -0.25) is 9.59 Å². The van der Waals surface area contributed by atoms with E-state index in [1.165, 1.54) is 0 Å². The number of imidazole rings is 1. The second-order valence-electron chi connectivity index (χ2n) is 6.46. The summed E-state index contributed by atoms with van der Waals surface area (Å²) in [6.07, 6.45) is 0.502. The van der Waals surface area contributed by atoms with Crippen LogP contribution in [0.25, 0.3) is 11.0 Å². The van der Waals surface area contributed by atoms with E-state index in [0.717, 1.165) is 16.9 Å². The van der Waals surface area contributed by atoms with E-state index < -0.39 is 5.97 Å². The van der Waals surface area contributed by atoms with Crippen LogP contribution in [0, 0.1) is 0 Å². The van der Waals surface area contributed by atoms with Crippen LogP contribution in [-0.2, 0) is 16.8 Å². The quantitative estimate of drug-likeness (QED) is 0.859. The molecule has 1 aromatic carbocycles. The molecule has 0 unspecified atom stereocenters. The molecule has 0 atom stereocenters. The van der Waals surface area contributed by atoms with Crippen molar-refractivity contribution in [3.8, 4) is 0 Å². The lowest BCUT2D eigenvalue weighted by Crippen LogP contribution is -2.20. The average molecular weight is 302 g/mol. The number of carboxylic acid groups (broad SMARTS) is 1.